The molecule has 17 heavy (non-hydrogen) atoms. The number of benzene rings is 1. The van der Waals surface area contributed by atoms with Crippen molar-refractivity contribution < 1.29 is 4.79 Å². The molecule has 1 heterocycles. The maximum absolute atomic E-state index is 10.9. The second-order valence-electron chi connectivity index (χ2n) is 3.99. The van der Waals surface area contributed by atoms with Gasteiger partial charge in [0.15, 0.2) is 0 Å². The van der Waals surface area contributed by atoms with Gasteiger partial charge in [-0.15, -0.1) is 0 Å². The van der Waals surface area contributed by atoms with Crippen LogP contribution >= 0.6 is 11.6 Å². The molecule has 1 atom stereocenters. The van der Waals surface area contributed by atoms with Gasteiger partial charge in [0.25, 0.3) is 0 Å². The zero-order valence-corrected chi connectivity index (χ0v) is 10.1. The summed E-state index contributed by atoms with van der Waals surface area (Å²) in [4.78, 5) is 15.1. The molecule has 0 radical (unpaired) electrons. The quantitative estimate of drug-likeness (QED) is 0.872. The number of carbonyl (C=O) groups is 1. The molecule has 0 aliphatic carbocycles. The van der Waals surface area contributed by atoms with Gasteiger partial charge < -0.3 is 16.0 Å². The summed E-state index contributed by atoms with van der Waals surface area (Å²) in [5.74, 6) is -0.0104. The van der Waals surface area contributed by atoms with E-state index in [1.54, 1.807) is 16.7 Å². The van der Waals surface area contributed by atoms with Crippen LogP contribution < -0.4 is 11.5 Å². The number of nitrogens with zero attached hydrogens (tertiary/aromatic N) is 2. The minimum absolute atomic E-state index is 0.126. The molecule has 0 aliphatic rings. The monoisotopic (exact) mass is 252 g/mol. The van der Waals surface area contributed by atoms with Crippen LogP contribution in [0.3, 0.4) is 0 Å². The fraction of sp³-hybridized carbons (Fsp3) is 0.273. The van der Waals surface area contributed by atoms with Gasteiger partial charge in [-0.2, -0.15) is 0 Å². The molecule has 1 aromatic carbocycles. The van der Waals surface area contributed by atoms with Gasteiger partial charge in [0.05, 0.1) is 11.0 Å². The summed E-state index contributed by atoms with van der Waals surface area (Å²) < 4.78 is 1.79. The third-order valence-electron chi connectivity index (χ3n) is 2.62. The number of primary amides is 1. The lowest BCUT2D eigenvalue weighted by atomic mass is 10.2. The van der Waals surface area contributed by atoms with E-state index >= 15 is 0 Å². The number of fused-ring (bicyclic) bond motifs is 1. The normalized spacial score (nSPS) is 12.8. The Balaban J connectivity index is 2.53. The maximum Gasteiger partial charge on any atom is 0.219 e. The summed E-state index contributed by atoms with van der Waals surface area (Å²) in [6.45, 7) is 1.87. The van der Waals surface area contributed by atoms with Crippen LogP contribution in [0.5, 0.6) is 0 Å². The fourth-order valence-corrected chi connectivity index (χ4v) is 2.10. The van der Waals surface area contributed by atoms with Crippen molar-refractivity contribution in [2.24, 2.45) is 5.73 Å². The average molecular weight is 253 g/mol. The molecule has 0 fully saturated rings. The SMILES string of the molecule is CC(CC(N)=O)n1c(N)nc2cc(Cl)ccc21. The highest BCUT2D eigenvalue weighted by molar-refractivity contribution is 6.31. The Morgan fingerprint density at radius 1 is 1.59 bits per heavy atom. The van der Waals surface area contributed by atoms with E-state index in [4.69, 9.17) is 23.1 Å². The summed E-state index contributed by atoms with van der Waals surface area (Å²) in [6.07, 6.45) is 0.221. The van der Waals surface area contributed by atoms with Crippen molar-refractivity contribution in [3.05, 3.63) is 23.2 Å². The van der Waals surface area contributed by atoms with Crippen molar-refractivity contribution in [1.29, 1.82) is 0 Å². The minimum atomic E-state index is -0.368. The standard InChI is InChI=1S/C11H13ClN4O/c1-6(4-10(13)17)16-9-3-2-7(12)5-8(9)15-11(16)14/h2-3,5-6H,4H2,1H3,(H2,13,17)(H2,14,15). The number of nitrogen functional groups attached to an aromatic ring is 1. The number of aromatic nitrogens is 2. The maximum atomic E-state index is 10.9. The van der Waals surface area contributed by atoms with Gasteiger partial charge in [0.2, 0.25) is 11.9 Å². The highest BCUT2D eigenvalue weighted by Crippen LogP contribution is 2.26. The Kier molecular flexibility index (Phi) is 2.93. The Morgan fingerprint density at radius 2 is 2.29 bits per heavy atom. The molecule has 0 saturated heterocycles. The second-order valence-corrected chi connectivity index (χ2v) is 4.43. The number of imidazole rings is 1. The van der Waals surface area contributed by atoms with Crippen LogP contribution in [0.25, 0.3) is 11.0 Å². The van der Waals surface area contributed by atoms with Gasteiger partial charge in [0.1, 0.15) is 0 Å². The Labute approximate surface area is 103 Å². The predicted octanol–water partition coefficient (Wildman–Crippen LogP) is 1.71. The van der Waals surface area contributed by atoms with Crippen molar-refractivity contribution in [2.75, 3.05) is 5.73 Å². The molecule has 1 unspecified atom stereocenters. The largest absolute Gasteiger partial charge is 0.370 e. The van der Waals surface area contributed by atoms with Crippen LogP contribution in [0, 0.1) is 0 Å². The lowest BCUT2D eigenvalue weighted by molar-refractivity contribution is -0.118. The summed E-state index contributed by atoms with van der Waals surface area (Å²) in [7, 11) is 0. The number of amides is 1. The molecule has 2 rings (SSSR count). The lowest BCUT2D eigenvalue weighted by Crippen LogP contribution is -2.18. The molecule has 0 aliphatic heterocycles. The molecule has 4 N–H and O–H groups in total. The average Bonchev–Trinajstić information content (AvgIpc) is 2.51. The molecule has 1 aromatic heterocycles. The van der Waals surface area contributed by atoms with Gasteiger partial charge in [-0.1, -0.05) is 11.6 Å². The number of carbonyl (C=O) groups excluding carboxylic acids is 1. The van der Waals surface area contributed by atoms with Gasteiger partial charge in [-0.25, -0.2) is 4.98 Å². The first-order chi connectivity index (χ1) is 7.99. The van der Waals surface area contributed by atoms with Crippen molar-refractivity contribution >= 4 is 34.5 Å². The van der Waals surface area contributed by atoms with Crippen LogP contribution in [0.1, 0.15) is 19.4 Å². The number of hydrogen-bond acceptors (Lipinski definition) is 3. The van der Waals surface area contributed by atoms with Gasteiger partial charge in [-0.05, 0) is 25.1 Å². The Hall–Kier alpha value is -1.75. The summed E-state index contributed by atoms with van der Waals surface area (Å²) in [5, 5.41) is 0.602. The molecule has 2 aromatic rings. The first-order valence-electron chi connectivity index (χ1n) is 5.20. The van der Waals surface area contributed by atoms with Gasteiger partial charge in [0, 0.05) is 17.5 Å². The van der Waals surface area contributed by atoms with E-state index in [0.717, 1.165) is 5.52 Å². The molecule has 1 amide bonds. The molecule has 6 heteroatoms. The Morgan fingerprint density at radius 3 is 2.94 bits per heavy atom. The molecule has 0 bridgehead atoms. The smallest absolute Gasteiger partial charge is 0.219 e. The number of hydrogen-bond donors (Lipinski definition) is 2. The van der Waals surface area contributed by atoms with Crippen molar-refractivity contribution in [3.63, 3.8) is 0 Å². The molecular weight excluding hydrogens is 240 g/mol. The molecule has 0 saturated carbocycles. The molecule has 5 nitrogen and oxygen atoms in total. The van der Waals surface area contributed by atoms with Gasteiger partial charge in [-0.3, -0.25) is 4.79 Å². The summed E-state index contributed by atoms with van der Waals surface area (Å²) >= 11 is 5.88. The highest BCUT2D eigenvalue weighted by Gasteiger charge is 2.15. The number of anilines is 1. The Bertz CT molecular complexity index is 578. The second kappa shape index (κ2) is 4.25. The van der Waals surface area contributed by atoms with E-state index in [1.807, 2.05) is 13.0 Å². The highest BCUT2D eigenvalue weighted by atomic mass is 35.5. The van der Waals surface area contributed by atoms with Gasteiger partial charge >= 0.3 is 0 Å². The van der Waals surface area contributed by atoms with Crippen LogP contribution in [0.15, 0.2) is 18.2 Å². The van der Waals surface area contributed by atoms with Crippen molar-refractivity contribution in [1.82, 2.24) is 9.55 Å². The van der Waals surface area contributed by atoms with E-state index in [0.29, 0.717) is 16.5 Å². The molecular formula is C11H13ClN4O. The van der Waals surface area contributed by atoms with Crippen molar-refractivity contribution in [3.8, 4) is 0 Å². The van der Waals surface area contributed by atoms with Crippen LogP contribution in [0.2, 0.25) is 5.02 Å². The number of rotatable bonds is 3. The molecule has 90 valence electrons. The van der Waals surface area contributed by atoms with E-state index in [-0.39, 0.29) is 18.4 Å². The zero-order chi connectivity index (χ0) is 12.6. The van der Waals surface area contributed by atoms with E-state index in [1.165, 1.54) is 0 Å². The summed E-state index contributed by atoms with van der Waals surface area (Å²) in [5.41, 5.74) is 12.6. The van der Waals surface area contributed by atoms with E-state index in [9.17, 15) is 4.79 Å². The third kappa shape index (κ3) is 2.19. The van der Waals surface area contributed by atoms with E-state index in [2.05, 4.69) is 4.98 Å². The minimum Gasteiger partial charge on any atom is -0.370 e. The zero-order valence-electron chi connectivity index (χ0n) is 9.35. The topological polar surface area (TPSA) is 86.9 Å². The lowest BCUT2D eigenvalue weighted by Gasteiger charge is -2.13. The van der Waals surface area contributed by atoms with Crippen molar-refractivity contribution in [2.45, 2.75) is 19.4 Å². The number of nitrogens with two attached hydrogens (primary N) is 2. The first kappa shape index (κ1) is 11.7. The van der Waals surface area contributed by atoms with E-state index < -0.39 is 0 Å². The fourth-order valence-electron chi connectivity index (χ4n) is 1.94. The van der Waals surface area contributed by atoms with Crippen LogP contribution in [0.4, 0.5) is 5.95 Å². The predicted molar refractivity (Wildman–Crippen MR) is 67.7 cm³/mol. The summed E-state index contributed by atoms with van der Waals surface area (Å²) in [6, 6.07) is 5.20. The van der Waals surface area contributed by atoms with Crippen LogP contribution in [-0.4, -0.2) is 15.5 Å². The van der Waals surface area contributed by atoms with Crippen LogP contribution in [-0.2, 0) is 4.79 Å². The molecule has 0 spiro atoms. The number of halogens is 1. The third-order valence-corrected chi connectivity index (χ3v) is 2.85. The first-order valence-corrected chi connectivity index (χ1v) is 5.58.